The summed E-state index contributed by atoms with van der Waals surface area (Å²) in [5.41, 5.74) is 0.222. The Morgan fingerprint density at radius 2 is 2.38 bits per heavy atom. The van der Waals surface area contributed by atoms with Gasteiger partial charge in [-0.15, -0.1) is 0 Å². The molecular formula is C11H16FN3O. The minimum absolute atomic E-state index is 0.222. The van der Waals surface area contributed by atoms with E-state index in [9.17, 15) is 4.39 Å². The van der Waals surface area contributed by atoms with E-state index >= 15 is 0 Å². The van der Waals surface area contributed by atoms with E-state index in [0.717, 1.165) is 6.42 Å². The van der Waals surface area contributed by atoms with E-state index in [1.807, 2.05) is 13.8 Å². The number of ether oxygens (including phenoxy) is 1. The first-order valence-corrected chi connectivity index (χ1v) is 5.50. The number of rotatable bonds is 3. The Morgan fingerprint density at radius 3 is 3.00 bits per heavy atom. The van der Waals surface area contributed by atoms with Gasteiger partial charge >= 0.3 is 0 Å². The molecule has 2 rings (SSSR count). The van der Waals surface area contributed by atoms with E-state index < -0.39 is 0 Å². The SMILES string of the molecule is CCc1ncnc(NC2(C)CCOC2)c1F. The van der Waals surface area contributed by atoms with E-state index in [4.69, 9.17) is 4.74 Å². The lowest BCUT2D eigenvalue weighted by molar-refractivity contribution is 0.185. The molecule has 1 aromatic rings. The molecule has 1 fully saturated rings. The number of nitrogens with zero attached hydrogens (tertiary/aromatic N) is 2. The first-order valence-electron chi connectivity index (χ1n) is 5.50. The molecule has 88 valence electrons. The Bertz CT molecular complexity index is 377. The summed E-state index contributed by atoms with van der Waals surface area (Å²) < 4.78 is 19.2. The van der Waals surface area contributed by atoms with Gasteiger partial charge < -0.3 is 10.1 Å². The van der Waals surface area contributed by atoms with Gasteiger partial charge in [0.25, 0.3) is 0 Å². The third-order valence-electron chi connectivity index (χ3n) is 2.84. The number of hydrogen-bond acceptors (Lipinski definition) is 4. The highest BCUT2D eigenvalue weighted by atomic mass is 19.1. The van der Waals surface area contributed by atoms with Crippen LogP contribution in [-0.2, 0) is 11.2 Å². The molecule has 0 spiro atoms. The molecule has 5 heteroatoms. The molecule has 0 aliphatic carbocycles. The van der Waals surface area contributed by atoms with Crippen molar-refractivity contribution in [1.82, 2.24) is 9.97 Å². The highest BCUT2D eigenvalue weighted by Gasteiger charge is 2.31. The molecule has 1 atom stereocenters. The summed E-state index contributed by atoms with van der Waals surface area (Å²) in [6, 6.07) is 0. The molecule has 1 aliphatic heterocycles. The van der Waals surface area contributed by atoms with Crippen LogP contribution in [0.25, 0.3) is 0 Å². The fraction of sp³-hybridized carbons (Fsp3) is 0.636. The Morgan fingerprint density at radius 1 is 1.56 bits per heavy atom. The lowest BCUT2D eigenvalue weighted by Gasteiger charge is -2.24. The van der Waals surface area contributed by atoms with E-state index in [-0.39, 0.29) is 17.2 Å². The smallest absolute Gasteiger partial charge is 0.186 e. The maximum atomic E-state index is 13.9. The zero-order valence-corrected chi connectivity index (χ0v) is 9.59. The largest absolute Gasteiger partial charge is 0.379 e. The van der Waals surface area contributed by atoms with Gasteiger partial charge in [0.05, 0.1) is 17.8 Å². The van der Waals surface area contributed by atoms with Gasteiger partial charge in [0.2, 0.25) is 0 Å². The van der Waals surface area contributed by atoms with Crippen LogP contribution in [0.15, 0.2) is 6.33 Å². The van der Waals surface area contributed by atoms with Crippen molar-refractivity contribution in [1.29, 1.82) is 0 Å². The fourth-order valence-corrected chi connectivity index (χ4v) is 1.79. The van der Waals surface area contributed by atoms with Crippen LogP contribution in [0.2, 0.25) is 0 Å². The summed E-state index contributed by atoms with van der Waals surface area (Å²) in [7, 11) is 0. The van der Waals surface area contributed by atoms with E-state index in [1.54, 1.807) is 0 Å². The second-order valence-corrected chi connectivity index (χ2v) is 4.32. The van der Waals surface area contributed by atoms with Crippen molar-refractivity contribution in [3.63, 3.8) is 0 Å². The van der Waals surface area contributed by atoms with Crippen LogP contribution in [0.5, 0.6) is 0 Å². The molecule has 1 unspecified atom stereocenters. The van der Waals surface area contributed by atoms with Crippen LogP contribution < -0.4 is 5.32 Å². The van der Waals surface area contributed by atoms with Crippen LogP contribution >= 0.6 is 0 Å². The number of aryl methyl sites for hydroxylation is 1. The number of anilines is 1. The van der Waals surface area contributed by atoms with Gasteiger partial charge in [-0.3, -0.25) is 0 Å². The highest BCUT2D eigenvalue weighted by Crippen LogP contribution is 2.24. The summed E-state index contributed by atoms with van der Waals surface area (Å²) in [6.45, 7) is 5.16. The van der Waals surface area contributed by atoms with Crippen molar-refractivity contribution >= 4 is 5.82 Å². The Labute approximate surface area is 94.2 Å². The Balaban J connectivity index is 2.21. The van der Waals surface area contributed by atoms with Crippen molar-refractivity contribution in [2.45, 2.75) is 32.2 Å². The lowest BCUT2D eigenvalue weighted by Crippen LogP contribution is -2.35. The van der Waals surface area contributed by atoms with Crippen molar-refractivity contribution in [2.24, 2.45) is 0 Å². The molecule has 1 aromatic heterocycles. The normalized spacial score (nSPS) is 24.7. The molecule has 0 amide bonds. The van der Waals surface area contributed by atoms with E-state index in [0.29, 0.717) is 25.3 Å². The fourth-order valence-electron chi connectivity index (χ4n) is 1.79. The number of aromatic nitrogens is 2. The molecule has 1 N–H and O–H groups in total. The van der Waals surface area contributed by atoms with Crippen LogP contribution in [0.1, 0.15) is 26.0 Å². The number of nitrogens with one attached hydrogen (secondary N) is 1. The van der Waals surface area contributed by atoms with Crippen LogP contribution in [-0.4, -0.2) is 28.7 Å². The average Bonchev–Trinajstić information content (AvgIpc) is 2.68. The second kappa shape index (κ2) is 4.33. The highest BCUT2D eigenvalue weighted by molar-refractivity contribution is 5.40. The topological polar surface area (TPSA) is 47.0 Å². The maximum Gasteiger partial charge on any atom is 0.186 e. The quantitative estimate of drug-likeness (QED) is 0.851. The predicted molar refractivity (Wildman–Crippen MR) is 58.8 cm³/mol. The third-order valence-corrected chi connectivity index (χ3v) is 2.84. The van der Waals surface area contributed by atoms with Gasteiger partial charge in [-0.05, 0) is 19.8 Å². The summed E-state index contributed by atoms with van der Waals surface area (Å²) in [5, 5.41) is 3.11. The Hall–Kier alpha value is -1.23. The minimum Gasteiger partial charge on any atom is -0.379 e. The molecular weight excluding hydrogens is 209 g/mol. The zero-order valence-electron chi connectivity index (χ0n) is 9.59. The van der Waals surface area contributed by atoms with Gasteiger partial charge in [-0.25, -0.2) is 14.4 Å². The average molecular weight is 225 g/mol. The molecule has 4 nitrogen and oxygen atoms in total. The summed E-state index contributed by atoms with van der Waals surface area (Å²) in [6.07, 6.45) is 2.82. The third kappa shape index (κ3) is 2.14. The monoisotopic (exact) mass is 225 g/mol. The summed E-state index contributed by atoms with van der Waals surface area (Å²) in [5.74, 6) is -0.0713. The van der Waals surface area contributed by atoms with Crippen molar-refractivity contribution < 1.29 is 9.13 Å². The number of hydrogen-bond donors (Lipinski definition) is 1. The van der Waals surface area contributed by atoms with Gasteiger partial charge in [0, 0.05) is 6.61 Å². The second-order valence-electron chi connectivity index (χ2n) is 4.32. The summed E-state index contributed by atoms with van der Waals surface area (Å²) in [4.78, 5) is 7.84. The molecule has 16 heavy (non-hydrogen) atoms. The van der Waals surface area contributed by atoms with E-state index in [1.165, 1.54) is 6.33 Å². The summed E-state index contributed by atoms with van der Waals surface area (Å²) >= 11 is 0. The molecule has 0 radical (unpaired) electrons. The van der Waals surface area contributed by atoms with Crippen molar-refractivity contribution in [3.05, 3.63) is 17.8 Å². The van der Waals surface area contributed by atoms with Gasteiger partial charge in [-0.2, -0.15) is 0 Å². The standard InChI is InChI=1S/C11H16FN3O/c1-3-8-9(12)10(14-7-13-8)15-11(2)4-5-16-6-11/h7H,3-6H2,1-2H3,(H,13,14,15). The van der Waals surface area contributed by atoms with E-state index in [2.05, 4.69) is 15.3 Å². The van der Waals surface area contributed by atoms with Crippen LogP contribution in [0.4, 0.5) is 10.2 Å². The first kappa shape index (κ1) is 11.3. The van der Waals surface area contributed by atoms with Crippen LogP contribution in [0.3, 0.4) is 0 Å². The molecule has 1 aliphatic rings. The van der Waals surface area contributed by atoms with Gasteiger partial charge in [0.1, 0.15) is 6.33 Å². The van der Waals surface area contributed by atoms with Crippen molar-refractivity contribution in [3.8, 4) is 0 Å². The molecule has 0 bridgehead atoms. The number of halogens is 1. The van der Waals surface area contributed by atoms with Gasteiger partial charge in [0.15, 0.2) is 11.6 Å². The van der Waals surface area contributed by atoms with Gasteiger partial charge in [-0.1, -0.05) is 6.92 Å². The minimum atomic E-state index is -0.349. The van der Waals surface area contributed by atoms with Crippen molar-refractivity contribution in [2.75, 3.05) is 18.5 Å². The molecule has 0 saturated carbocycles. The van der Waals surface area contributed by atoms with Crippen LogP contribution in [0, 0.1) is 5.82 Å². The molecule has 2 heterocycles. The first-order chi connectivity index (χ1) is 7.64. The molecule has 1 saturated heterocycles. The molecule has 0 aromatic carbocycles. The lowest BCUT2D eigenvalue weighted by atomic mass is 10.0. The zero-order chi connectivity index (χ0) is 11.6. The Kier molecular flexibility index (Phi) is 3.05. The maximum absolute atomic E-state index is 13.9. The predicted octanol–water partition coefficient (Wildman–Crippen LogP) is 1.77.